The van der Waals surface area contributed by atoms with Gasteiger partial charge in [0.2, 0.25) is 5.91 Å². The summed E-state index contributed by atoms with van der Waals surface area (Å²) in [5.74, 6) is 1.50. The molecule has 0 fully saturated rings. The number of anilines is 1. The maximum absolute atomic E-state index is 12.3. The third kappa shape index (κ3) is 6.17. The fraction of sp³-hybridized carbons (Fsp3) is 0.389. The predicted molar refractivity (Wildman–Crippen MR) is 110 cm³/mol. The van der Waals surface area contributed by atoms with Crippen molar-refractivity contribution in [3.63, 3.8) is 0 Å². The number of hydrogen-bond donors (Lipinski definition) is 1. The molecular weight excluding hydrogens is 370 g/mol. The van der Waals surface area contributed by atoms with Gasteiger partial charge in [-0.1, -0.05) is 79.1 Å². The Kier molecular flexibility index (Phi) is 7.53. The Morgan fingerprint density at radius 3 is 2.48 bits per heavy atom. The maximum Gasteiger partial charge on any atom is 0.234 e. The van der Waals surface area contributed by atoms with Crippen LogP contribution in [0.25, 0.3) is 0 Å². The standard InChI is InChI=1S/C18H23N3OS3/c1-11(2)9-23-17-20-21-18(25-17)24-10-15(22)19-16-13(5)7-6-8-14(16)12(3)4/h6-8,12H,1,9-10H2,2-5H3,(H,19,22). The molecule has 0 spiro atoms. The van der Waals surface area contributed by atoms with Gasteiger partial charge in [-0.3, -0.25) is 4.79 Å². The van der Waals surface area contributed by atoms with Gasteiger partial charge in [-0.05, 0) is 30.9 Å². The van der Waals surface area contributed by atoms with Gasteiger partial charge in [0.25, 0.3) is 0 Å². The van der Waals surface area contributed by atoms with E-state index in [1.807, 2.05) is 26.0 Å². The molecule has 1 amide bonds. The smallest absolute Gasteiger partial charge is 0.234 e. The highest BCUT2D eigenvalue weighted by Crippen LogP contribution is 2.30. The third-order valence-corrected chi connectivity index (χ3v) is 6.77. The number of aromatic nitrogens is 2. The van der Waals surface area contributed by atoms with E-state index >= 15 is 0 Å². The molecule has 0 saturated heterocycles. The molecule has 0 unspecified atom stereocenters. The van der Waals surface area contributed by atoms with Crippen LogP contribution in [-0.4, -0.2) is 27.6 Å². The molecule has 1 N–H and O–H groups in total. The van der Waals surface area contributed by atoms with E-state index in [0.717, 1.165) is 36.8 Å². The fourth-order valence-electron chi connectivity index (χ4n) is 2.14. The minimum absolute atomic E-state index is 0.0208. The lowest BCUT2D eigenvalue weighted by Crippen LogP contribution is -2.16. The van der Waals surface area contributed by atoms with E-state index in [-0.39, 0.29) is 5.91 Å². The Balaban J connectivity index is 1.92. The van der Waals surface area contributed by atoms with Crippen LogP contribution in [-0.2, 0) is 4.79 Å². The first-order valence-corrected chi connectivity index (χ1v) is 10.8. The van der Waals surface area contributed by atoms with Crippen LogP contribution in [0.3, 0.4) is 0 Å². The van der Waals surface area contributed by atoms with E-state index in [1.165, 1.54) is 23.1 Å². The molecule has 0 radical (unpaired) electrons. The molecule has 0 saturated carbocycles. The van der Waals surface area contributed by atoms with E-state index in [0.29, 0.717) is 11.7 Å². The summed E-state index contributed by atoms with van der Waals surface area (Å²) in [6, 6.07) is 6.11. The average molecular weight is 394 g/mol. The first-order chi connectivity index (χ1) is 11.9. The number of thioether (sulfide) groups is 2. The number of benzene rings is 1. The van der Waals surface area contributed by atoms with Gasteiger partial charge < -0.3 is 5.32 Å². The average Bonchev–Trinajstić information content (AvgIpc) is 3.00. The minimum atomic E-state index is -0.0208. The first-order valence-electron chi connectivity index (χ1n) is 7.99. The van der Waals surface area contributed by atoms with Crippen molar-refractivity contribution in [2.45, 2.75) is 42.3 Å². The van der Waals surface area contributed by atoms with Gasteiger partial charge in [-0.2, -0.15) is 0 Å². The summed E-state index contributed by atoms with van der Waals surface area (Å²) >= 11 is 4.56. The molecule has 25 heavy (non-hydrogen) atoms. The summed E-state index contributed by atoms with van der Waals surface area (Å²) in [6.45, 7) is 12.1. The largest absolute Gasteiger partial charge is 0.325 e. The van der Waals surface area contributed by atoms with Crippen LogP contribution in [0.1, 0.15) is 37.8 Å². The molecule has 1 aromatic heterocycles. The van der Waals surface area contributed by atoms with Crippen molar-refractivity contribution < 1.29 is 4.79 Å². The molecule has 0 aliphatic carbocycles. The van der Waals surface area contributed by atoms with Crippen LogP contribution >= 0.6 is 34.9 Å². The van der Waals surface area contributed by atoms with Crippen molar-refractivity contribution in [1.29, 1.82) is 0 Å². The van der Waals surface area contributed by atoms with Gasteiger partial charge in [0, 0.05) is 11.4 Å². The molecule has 1 heterocycles. The molecule has 0 aliphatic rings. The van der Waals surface area contributed by atoms with Crippen molar-refractivity contribution in [2.75, 3.05) is 16.8 Å². The second-order valence-electron chi connectivity index (χ2n) is 6.11. The summed E-state index contributed by atoms with van der Waals surface area (Å²) in [7, 11) is 0. The van der Waals surface area contributed by atoms with Gasteiger partial charge >= 0.3 is 0 Å². The quantitative estimate of drug-likeness (QED) is 0.483. The van der Waals surface area contributed by atoms with Gasteiger partial charge in [-0.25, -0.2) is 0 Å². The molecule has 2 rings (SSSR count). The fourth-order valence-corrected chi connectivity index (χ4v) is 4.81. The highest BCUT2D eigenvalue weighted by atomic mass is 32.2. The summed E-state index contributed by atoms with van der Waals surface area (Å²) in [5.41, 5.74) is 4.28. The summed E-state index contributed by atoms with van der Waals surface area (Å²) in [4.78, 5) is 12.3. The summed E-state index contributed by atoms with van der Waals surface area (Å²) in [6.07, 6.45) is 0. The second-order valence-corrected chi connectivity index (χ2v) is 9.53. The van der Waals surface area contributed by atoms with Crippen molar-refractivity contribution in [2.24, 2.45) is 0 Å². The second kappa shape index (κ2) is 9.40. The lowest BCUT2D eigenvalue weighted by molar-refractivity contribution is -0.113. The van der Waals surface area contributed by atoms with E-state index in [9.17, 15) is 4.79 Å². The lowest BCUT2D eigenvalue weighted by Gasteiger charge is -2.16. The highest BCUT2D eigenvalue weighted by Gasteiger charge is 2.13. The van der Waals surface area contributed by atoms with E-state index in [1.54, 1.807) is 11.8 Å². The van der Waals surface area contributed by atoms with Crippen LogP contribution < -0.4 is 5.32 Å². The number of amides is 1. The molecule has 0 atom stereocenters. The Morgan fingerprint density at radius 2 is 1.88 bits per heavy atom. The van der Waals surface area contributed by atoms with E-state index in [2.05, 4.69) is 42.0 Å². The van der Waals surface area contributed by atoms with Crippen molar-refractivity contribution in [3.8, 4) is 0 Å². The lowest BCUT2D eigenvalue weighted by atomic mass is 9.98. The van der Waals surface area contributed by atoms with Gasteiger partial charge in [0.15, 0.2) is 8.68 Å². The van der Waals surface area contributed by atoms with Gasteiger partial charge in [0.05, 0.1) is 5.75 Å². The van der Waals surface area contributed by atoms with Crippen LogP contribution in [0.5, 0.6) is 0 Å². The number of aryl methyl sites for hydroxylation is 1. The first kappa shape index (κ1) is 20.0. The topological polar surface area (TPSA) is 54.9 Å². The highest BCUT2D eigenvalue weighted by molar-refractivity contribution is 8.03. The minimum Gasteiger partial charge on any atom is -0.325 e. The molecule has 0 bridgehead atoms. The molecule has 2 aromatic rings. The van der Waals surface area contributed by atoms with Crippen molar-refractivity contribution >= 4 is 46.5 Å². The number of carbonyl (C=O) groups is 1. The SMILES string of the molecule is C=C(C)CSc1nnc(SCC(=O)Nc2c(C)cccc2C(C)C)s1. The Morgan fingerprint density at radius 1 is 1.24 bits per heavy atom. The van der Waals surface area contributed by atoms with Crippen LogP contribution in [0.2, 0.25) is 0 Å². The van der Waals surface area contributed by atoms with Gasteiger partial charge in [0.1, 0.15) is 0 Å². The number of nitrogens with one attached hydrogen (secondary N) is 1. The predicted octanol–water partition coefficient (Wildman–Crippen LogP) is 5.37. The van der Waals surface area contributed by atoms with E-state index in [4.69, 9.17) is 0 Å². The molecular formula is C18H23N3OS3. The number of nitrogens with zero attached hydrogens (tertiary/aromatic N) is 2. The zero-order chi connectivity index (χ0) is 18.4. The Labute approximate surface area is 161 Å². The molecule has 134 valence electrons. The van der Waals surface area contributed by atoms with Crippen LogP contribution in [0, 0.1) is 6.92 Å². The van der Waals surface area contributed by atoms with Crippen LogP contribution in [0.4, 0.5) is 5.69 Å². The summed E-state index contributed by atoms with van der Waals surface area (Å²) < 4.78 is 1.72. The Bertz CT molecular complexity index is 756. The number of rotatable bonds is 8. The van der Waals surface area contributed by atoms with Crippen LogP contribution in [0.15, 0.2) is 39.0 Å². The monoisotopic (exact) mass is 393 g/mol. The molecule has 4 nitrogen and oxygen atoms in total. The van der Waals surface area contributed by atoms with Crippen molar-refractivity contribution in [1.82, 2.24) is 10.2 Å². The number of para-hydroxylation sites is 1. The third-order valence-electron chi connectivity index (χ3n) is 3.35. The Hall–Kier alpha value is -1.31. The number of carbonyl (C=O) groups excluding carboxylic acids is 1. The van der Waals surface area contributed by atoms with Crippen molar-refractivity contribution in [3.05, 3.63) is 41.5 Å². The van der Waals surface area contributed by atoms with Gasteiger partial charge in [-0.15, -0.1) is 10.2 Å². The summed E-state index contributed by atoms with van der Waals surface area (Å²) in [5, 5.41) is 11.3. The maximum atomic E-state index is 12.3. The van der Waals surface area contributed by atoms with E-state index < -0.39 is 0 Å². The zero-order valence-electron chi connectivity index (χ0n) is 15.0. The molecule has 0 aliphatic heterocycles. The normalized spacial score (nSPS) is 10.9. The molecule has 7 heteroatoms. The zero-order valence-corrected chi connectivity index (χ0v) is 17.4. The molecule has 1 aromatic carbocycles. The number of hydrogen-bond acceptors (Lipinski definition) is 6.